The zero-order chi connectivity index (χ0) is 13.7. The smallest absolute Gasteiger partial charge is 0.229 e. The van der Waals surface area contributed by atoms with Crippen LogP contribution in [0.5, 0.6) is 0 Å². The first kappa shape index (κ1) is 13.8. The van der Waals surface area contributed by atoms with E-state index in [0.29, 0.717) is 0 Å². The van der Waals surface area contributed by atoms with Gasteiger partial charge in [0.2, 0.25) is 5.91 Å². The lowest BCUT2D eigenvalue weighted by atomic mass is 10.1. The van der Waals surface area contributed by atoms with Gasteiger partial charge in [-0.25, -0.2) is 0 Å². The molecule has 0 saturated heterocycles. The highest BCUT2D eigenvalue weighted by Gasteiger charge is 2.26. The quantitative estimate of drug-likeness (QED) is 0.821. The Labute approximate surface area is 115 Å². The van der Waals surface area contributed by atoms with Gasteiger partial charge in [-0.1, -0.05) is 42.5 Å². The molecule has 19 heavy (non-hydrogen) atoms. The number of carbonyl (C=O) groups excluding carboxylic acids is 1. The van der Waals surface area contributed by atoms with E-state index in [1.807, 2.05) is 42.2 Å². The van der Waals surface area contributed by atoms with E-state index >= 15 is 0 Å². The first-order valence-electron chi connectivity index (χ1n) is 6.97. The van der Waals surface area contributed by atoms with Gasteiger partial charge in [0.15, 0.2) is 0 Å². The van der Waals surface area contributed by atoms with Crippen LogP contribution >= 0.6 is 0 Å². The van der Waals surface area contributed by atoms with E-state index in [-0.39, 0.29) is 17.9 Å². The van der Waals surface area contributed by atoms with Gasteiger partial charge < -0.3 is 10.6 Å². The second kappa shape index (κ2) is 6.53. The topological polar surface area (TPSA) is 46.3 Å². The number of nitrogens with zero attached hydrogens (tertiary/aromatic N) is 1. The maximum absolute atomic E-state index is 12.4. The summed E-state index contributed by atoms with van der Waals surface area (Å²) in [7, 11) is 0. The van der Waals surface area contributed by atoms with Gasteiger partial charge >= 0.3 is 0 Å². The van der Waals surface area contributed by atoms with Gasteiger partial charge in [-0.05, 0) is 25.3 Å². The summed E-state index contributed by atoms with van der Waals surface area (Å²) in [5, 5.41) is 0. The fraction of sp³-hybridized carbons (Fsp3) is 0.438. The third-order valence-electron chi connectivity index (χ3n) is 3.64. The lowest BCUT2D eigenvalue weighted by Crippen LogP contribution is -2.37. The number of nitrogens with two attached hydrogens (primary N) is 1. The van der Waals surface area contributed by atoms with Gasteiger partial charge in [0, 0.05) is 19.1 Å². The molecule has 1 aliphatic carbocycles. The van der Waals surface area contributed by atoms with Crippen molar-refractivity contribution in [3.05, 3.63) is 48.0 Å². The number of benzene rings is 1. The van der Waals surface area contributed by atoms with Crippen LogP contribution < -0.4 is 5.73 Å². The average Bonchev–Trinajstić information content (AvgIpc) is 2.87. The minimum atomic E-state index is -0.0225. The molecule has 0 fully saturated rings. The number of hydrogen-bond acceptors (Lipinski definition) is 2. The number of amides is 1. The second-order valence-corrected chi connectivity index (χ2v) is 5.04. The molecule has 2 atom stereocenters. The van der Waals surface area contributed by atoms with Crippen LogP contribution in [0.1, 0.15) is 18.9 Å². The second-order valence-electron chi connectivity index (χ2n) is 5.04. The van der Waals surface area contributed by atoms with Crippen molar-refractivity contribution in [1.82, 2.24) is 4.90 Å². The van der Waals surface area contributed by atoms with Crippen LogP contribution in [0.25, 0.3) is 0 Å². The van der Waals surface area contributed by atoms with Crippen molar-refractivity contribution in [2.75, 3.05) is 13.1 Å². The van der Waals surface area contributed by atoms with E-state index in [4.69, 9.17) is 5.73 Å². The molecule has 0 heterocycles. The maximum Gasteiger partial charge on any atom is 0.229 e. The third-order valence-corrected chi connectivity index (χ3v) is 3.64. The fourth-order valence-corrected chi connectivity index (χ4v) is 2.48. The van der Waals surface area contributed by atoms with Gasteiger partial charge in [-0.2, -0.15) is 0 Å². The summed E-state index contributed by atoms with van der Waals surface area (Å²) < 4.78 is 0. The number of likely N-dealkylation sites (N-methyl/N-ethyl adjacent to an activating group) is 1. The first-order valence-corrected chi connectivity index (χ1v) is 6.97. The Balaban J connectivity index is 1.89. The molecule has 1 aromatic rings. The van der Waals surface area contributed by atoms with Crippen LogP contribution in [0.15, 0.2) is 42.5 Å². The molecule has 1 amide bonds. The predicted octanol–water partition coefficient (Wildman–Crippen LogP) is 1.98. The summed E-state index contributed by atoms with van der Waals surface area (Å²) in [5.41, 5.74) is 7.08. The van der Waals surface area contributed by atoms with E-state index in [1.54, 1.807) is 0 Å². The van der Waals surface area contributed by atoms with Gasteiger partial charge in [0.05, 0.1) is 5.92 Å². The predicted molar refractivity (Wildman–Crippen MR) is 77.6 cm³/mol. The van der Waals surface area contributed by atoms with Crippen LogP contribution in [0, 0.1) is 5.92 Å². The molecule has 0 bridgehead atoms. The monoisotopic (exact) mass is 258 g/mol. The van der Waals surface area contributed by atoms with Gasteiger partial charge in [0.25, 0.3) is 0 Å². The van der Waals surface area contributed by atoms with E-state index in [9.17, 15) is 4.79 Å². The number of carbonyl (C=O) groups is 1. The molecule has 2 unspecified atom stereocenters. The van der Waals surface area contributed by atoms with Crippen molar-refractivity contribution in [2.24, 2.45) is 11.7 Å². The molecule has 102 valence electrons. The van der Waals surface area contributed by atoms with Crippen molar-refractivity contribution in [2.45, 2.75) is 25.8 Å². The van der Waals surface area contributed by atoms with Gasteiger partial charge in [0.1, 0.15) is 0 Å². The number of rotatable bonds is 5. The lowest BCUT2D eigenvalue weighted by Gasteiger charge is -2.24. The zero-order valence-electron chi connectivity index (χ0n) is 11.5. The van der Waals surface area contributed by atoms with Crippen molar-refractivity contribution in [3.63, 3.8) is 0 Å². The molecule has 3 heteroatoms. The van der Waals surface area contributed by atoms with Crippen LogP contribution in [0.4, 0.5) is 0 Å². The summed E-state index contributed by atoms with van der Waals surface area (Å²) >= 11 is 0. The summed E-state index contributed by atoms with van der Waals surface area (Å²) in [6.07, 6.45) is 5.55. The molecular formula is C16H22N2O. The summed E-state index contributed by atoms with van der Waals surface area (Å²) in [4.78, 5) is 14.3. The van der Waals surface area contributed by atoms with Gasteiger partial charge in [-0.15, -0.1) is 0 Å². The molecule has 0 saturated carbocycles. The standard InChI is InChI=1S/C16H22N2O/c1-2-18(11-10-13-6-4-3-5-7-13)16(19)14-8-9-15(17)12-14/h3-9,14-15H,2,10-12,17H2,1H3. The Hall–Kier alpha value is -1.61. The van der Waals surface area contributed by atoms with Crippen LogP contribution in [-0.2, 0) is 11.2 Å². The molecule has 0 aromatic heterocycles. The number of hydrogen-bond donors (Lipinski definition) is 1. The molecule has 0 spiro atoms. The Morgan fingerprint density at radius 3 is 2.63 bits per heavy atom. The Morgan fingerprint density at radius 1 is 1.32 bits per heavy atom. The highest BCUT2D eigenvalue weighted by atomic mass is 16.2. The summed E-state index contributed by atoms with van der Waals surface area (Å²) in [5.74, 6) is 0.188. The van der Waals surface area contributed by atoms with Crippen molar-refractivity contribution in [1.29, 1.82) is 0 Å². The molecule has 2 rings (SSSR count). The molecule has 2 N–H and O–H groups in total. The highest BCUT2D eigenvalue weighted by Crippen LogP contribution is 2.19. The van der Waals surface area contributed by atoms with Crippen molar-refractivity contribution < 1.29 is 4.79 Å². The molecule has 0 aliphatic heterocycles. The Morgan fingerprint density at radius 2 is 2.05 bits per heavy atom. The SMILES string of the molecule is CCN(CCc1ccccc1)C(=O)C1C=CC(N)C1. The minimum Gasteiger partial charge on any atom is -0.342 e. The maximum atomic E-state index is 12.4. The largest absolute Gasteiger partial charge is 0.342 e. The molecule has 3 nitrogen and oxygen atoms in total. The first-order chi connectivity index (χ1) is 9.20. The normalized spacial score (nSPS) is 21.6. The molecule has 0 radical (unpaired) electrons. The molecular weight excluding hydrogens is 236 g/mol. The zero-order valence-corrected chi connectivity index (χ0v) is 11.5. The average molecular weight is 258 g/mol. The van der Waals surface area contributed by atoms with E-state index in [2.05, 4.69) is 12.1 Å². The van der Waals surface area contributed by atoms with Crippen molar-refractivity contribution >= 4 is 5.91 Å². The molecule has 1 aromatic carbocycles. The van der Waals surface area contributed by atoms with Gasteiger partial charge in [-0.3, -0.25) is 4.79 Å². The van der Waals surface area contributed by atoms with Crippen LogP contribution in [0.2, 0.25) is 0 Å². The van der Waals surface area contributed by atoms with E-state index < -0.39 is 0 Å². The fourth-order valence-electron chi connectivity index (χ4n) is 2.48. The summed E-state index contributed by atoms with van der Waals surface area (Å²) in [6, 6.07) is 10.3. The van der Waals surface area contributed by atoms with E-state index in [1.165, 1.54) is 5.56 Å². The Kier molecular flexibility index (Phi) is 4.74. The Bertz CT molecular complexity index is 441. The third kappa shape index (κ3) is 3.67. The van der Waals surface area contributed by atoms with Crippen LogP contribution in [-0.4, -0.2) is 29.9 Å². The van der Waals surface area contributed by atoms with Crippen LogP contribution in [0.3, 0.4) is 0 Å². The minimum absolute atomic E-state index is 0.0225. The van der Waals surface area contributed by atoms with Crippen molar-refractivity contribution in [3.8, 4) is 0 Å². The lowest BCUT2D eigenvalue weighted by molar-refractivity contribution is -0.133. The van der Waals surface area contributed by atoms with E-state index in [0.717, 1.165) is 25.9 Å². The molecule has 1 aliphatic rings. The summed E-state index contributed by atoms with van der Waals surface area (Å²) in [6.45, 7) is 3.56. The highest BCUT2D eigenvalue weighted by molar-refractivity contribution is 5.81.